The molecule has 0 radical (unpaired) electrons. The van der Waals surface area contributed by atoms with E-state index in [4.69, 9.17) is 28.3 Å². The smallest absolute Gasteiger partial charge is 0.303 e. The number of rotatable bonds is 7. The van der Waals surface area contributed by atoms with Crippen LogP contribution in [0.3, 0.4) is 0 Å². The number of carbonyl (C=O) groups excluding carboxylic acids is 1. The van der Waals surface area contributed by atoms with Crippen molar-refractivity contribution in [3.8, 4) is 0 Å². The van der Waals surface area contributed by atoms with Crippen LogP contribution in [-0.2, 0) is 4.79 Å². The van der Waals surface area contributed by atoms with Crippen LogP contribution in [0, 0.1) is 11.7 Å². The lowest BCUT2D eigenvalue weighted by Gasteiger charge is -2.11. The van der Waals surface area contributed by atoms with E-state index >= 15 is 0 Å². The fraction of sp³-hybridized carbons (Fsp3) is 0.429. The van der Waals surface area contributed by atoms with E-state index in [1.54, 1.807) is 0 Å². The Hall–Kier alpha value is -1.33. The first kappa shape index (κ1) is 17.7. The van der Waals surface area contributed by atoms with Crippen LogP contribution < -0.4 is 5.32 Å². The molecule has 7 heteroatoms. The van der Waals surface area contributed by atoms with Crippen molar-refractivity contribution in [2.75, 3.05) is 6.54 Å². The van der Waals surface area contributed by atoms with Crippen molar-refractivity contribution >= 4 is 35.1 Å². The van der Waals surface area contributed by atoms with Crippen LogP contribution in [-0.4, -0.2) is 23.5 Å². The van der Waals surface area contributed by atoms with Crippen LogP contribution in [0.5, 0.6) is 0 Å². The Morgan fingerprint density at radius 3 is 2.57 bits per heavy atom. The summed E-state index contributed by atoms with van der Waals surface area (Å²) in [4.78, 5) is 22.3. The standard InChI is InChI=1S/C14H16Cl2FNO3/c1-8(2-3-13(19)20)4-5-18-14(21)9-6-12(17)11(16)7-10(9)15/h6-8H,2-5H2,1H3,(H,18,21)(H,19,20). The fourth-order valence-corrected chi connectivity index (χ4v) is 2.21. The van der Waals surface area contributed by atoms with E-state index in [2.05, 4.69) is 5.32 Å². The first-order valence-electron chi connectivity index (χ1n) is 6.45. The van der Waals surface area contributed by atoms with Gasteiger partial charge in [-0.2, -0.15) is 0 Å². The quantitative estimate of drug-likeness (QED) is 0.745. The Morgan fingerprint density at radius 2 is 1.95 bits per heavy atom. The largest absolute Gasteiger partial charge is 0.481 e. The maximum Gasteiger partial charge on any atom is 0.303 e. The Bertz CT molecular complexity index is 537. The van der Waals surface area contributed by atoms with Crippen molar-refractivity contribution in [2.24, 2.45) is 5.92 Å². The van der Waals surface area contributed by atoms with Gasteiger partial charge in [-0.05, 0) is 30.9 Å². The number of hydrogen-bond donors (Lipinski definition) is 2. The molecule has 1 aromatic carbocycles. The molecular formula is C14H16Cl2FNO3. The van der Waals surface area contributed by atoms with E-state index in [-0.39, 0.29) is 27.9 Å². The molecule has 1 unspecified atom stereocenters. The molecule has 4 nitrogen and oxygen atoms in total. The van der Waals surface area contributed by atoms with Gasteiger partial charge in [-0.1, -0.05) is 30.1 Å². The highest BCUT2D eigenvalue weighted by molar-refractivity contribution is 6.36. The topological polar surface area (TPSA) is 66.4 Å². The van der Waals surface area contributed by atoms with Crippen molar-refractivity contribution in [3.05, 3.63) is 33.6 Å². The minimum atomic E-state index is -0.839. The molecule has 0 aliphatic rings. The summed E-state index contributed by atoms with van der Waals surface area (Å²) in [5, 5.41) is 11.1. The molecule has 1 rings (SSSR count). The highest BCUT2D eigenvalue weighted by Crippen LogP contribution is 2.24. The number of carboxylic acid groups (broad SMARTS) is 1. The zero-order chi connectivity index (χ0) is 16.0. The SMILES string of the molecule is CC(CCNC(=O)c1cc(F)c(Cl)cc1Cl)CCC(=O)O. The van der Waals surface area contributed by atoms with Crippen LogP contribution in [0.1, 0.15) is 36.5 Å². The van der Waals surface area contributed by atoms with E-state index in [1.807, 2.05) is 6.92 Å². The second-order valence-electron chi connectivity index (χ2n) is 4.83. The fourth-order valence-electron chi connectivity index (χ4n) is 1.74. The number of aliphatic carboxylic acids is 1. The van der Waals surface area contributed by atoms with Gasteiger partial charge in [-0.25, -0.2) is 4.39 Å². The van der Waals surface area contributed by atoms with Crippen LogP contribution in [0.2, 0.25) is 10.0 Å². The van der Waals surface area contributed by atoms with E-state index in [9.17, 15) is 14.0 Å². The first-order chi connectivity index (χ1) is 9.81. The summed E-state index contributed by atoms with van der Waals surface area (Å²) in [6.45, 7) is 2.27. The molecule has 0 aliphatic carbocycles. The lowest BCUT2D eigenvalue weighted by atomic mass is 10.0. The molecule has 0 aromatic heterocycles. The van der Waals surface area contributed by atoms with Gasteiger partial charge in [0, 0.05) is 13.0 Å². The second kappa shape index (κ2) is 8.20. The maximum atomic E-state index is 13.3. The molecule has 0 saturated carbocycles. The van der Waals surface area contributed by atoms with Crippen molar-refractivity contribution in [2.45, 2.75) is 26.2 Å². The molecule has 0 fully saturated rings. The van der Waals surface area contributed by atoms with E-state index < -0.39 is 17.7 Å². The van der Waals surface area contributed by atoms with Gasteiger partial charge in [0.15, 0.2) is 0 Å². The third-order valence-electron chi connectivity index (χ3n) is 3.03. The van der Waals surface area contributed by atoms with Gasteiger partial charge in [0.2, 0.25) is 0 Å². The molecule has 0 spiro atoms. The summed E-state index contributed by atoms with van der Waals surface area (Å²) >= 11 is 11.4. The number of benzene rings is 1. The van der Waals surface area contributed by atoms with Crippen molar-refractivity contribution < 1.29 is 19.1 Å². The van der Waals surface area contributed by atoms with E-state index in [0.717, 1.165) is 6.07 Å². The number of hydrogen-bond acceptors (Lipinski definition) is 2. The van der Waals surface area contributed by atoms with Crippen molar-refractivity contribution in [1.82, 2.24) is 5.32 Å². The molecule has 0 heterocycles. The van der Waals surface area contributed by atoms with Crippen LogP contribution in [0.4, 0.5) is 4.39 Å². The minimum absolute atomic E-state index is 0.0248. The summed E-state index contributed by atoms with van der Waals surface area (Å²) < 4.78 is 13.3. The number of nitrogens with one attached hydrogen (secondary N) is 1. The highest BCUT2D eigenvalue weighted by atomic mass is 35.5. The van der Waals surface area contributed by atoms with Crippen molar-refractivity contribution in [1.29, 1.82) is 0 Å². The van der Waals surface area contributed by atoms with Crippen LogP contribution in [0.15, 0.2) is 12.1 Å². The Labute approximate surface area is 132 Å². The number of halogens is 3. The molecule has 21 heavy (non-hydrogen) atoms. The zero-order valence-corrected chi connectivity index (χ0v) is 13.0. The molecular weight excluding hydrogens is 320 g/mol. The van der Waals surface area contributed by atoms with Crippen LogP contribution in [0.25, 0.3) is 0 Å². The molecule has 0 aliphatic heterocycles. The molecule has 2 N–H and O–H groups in total. The molecule has 1 atom stereocenters. The average Bonchev–Trinajstić information content (AvgIpc) is 2.40. The summed E-state index contributed by atoms with van der Waals surface area (Å²) in [5.74, 6) is -1.87. The maximum absolute atomic E-state index is 13.3. The number of carbonyl (C=O) groups is 2. The number of carboxylic acids is 1. The monoisotopic (exact) mass is 335 g/mol. The minimum Gasteiger partial charge on any atom is -0.481 e. The van der Waals surface area contributed by atoms with Gasteiger partial charge in [-0.15, -0.1) is 0 Å². The third-order valence-corrected chi connectivity index (χ3v) is 3.63. The van der Waals surface area contributed by atoms with Crippen LogP contribution >= 0.6 is 23.2 Å². The molecule has 1 amide bonds. The first-order valence-corrected chi connectivity index (χ1v) is 7.21. The normalized spacial score (nSPS) is 12.0. The predicted molar refractivity (Wildman–Crippen MR) is 79.4 cm³/mol. The van der Waals surface area contributed by atoms with Gasteiger partial charge < -0.3 is 10.4 Å². The zero-order valence-electron chi connectivity index (χ0n) is 11.5. The molecule has 1 aromatic rings. The second-order valence-corrected chi connectivity index (χ2v) is 5.64. The summed E-state index contributed by atoms with van der Waals surface area (Å²) in [7, 11) is 0. The van der Waals surface area contributed by atoms with E-state index in [0.29, 0.717) is 19.4 Å². The predicted octanol–water partition coefficient (Wildman–Crippen LogP) is 3.75. The Balaban J connectivity index is 2.47. The summed E-state index contributed by atoms with van der Waals surface area (Å²) in [6, 6.07) is 2.18. The van der Waals surface area contributed by atoms with Crippen molar-refractivity contribution in [3.63, 3.8) is 0 Å². The lowest BCUT2D eigenvalue weighted by molar-refractivity contribution is -0.137. The molecule has 116 valence electrons. The third kappa shape index (κ3) is 5.89. The number of amides is 1. The molecule has 0 saturated heterocycles. The highest BCUT2D eigenvalue weighted by Gasteiger charge is 2.14. The summed E-state index contributed by atoms with van der Waals surface area (Å²) in [6.07, 6.45) is 1.28. The van der Waals surface area contributed by atoms with Gasteiger partial charge in [0.1, 0.15) is 5.82 Å². The lowest BCUT2D eigenvalue weighted by Crippen LogP contribution is -2.26. The van der Waals surface area contributed by atoms with Gasteiger partial charge in [0.25, 0.3) is 5.91 Å². The summed E-state index contributed by atoms with van der Waals surface area (Å²) in [5.41, 5.74) is 0.0248. The van der Waals surface area contributed by atoms with E-state index in [1.165, 1.54) is 6.07 Å². The Kier molecular flexibility index (Phi) is 6.92. The van der Waals surface area contributed by atoms with Gasteiger partial charge in [-0.3, -0.25) is 9.59 Å². The van der Waals surface area contributed by atoms with Gasteiger partial charge in [0.05, 0.1) is 15.6 Å². The Morgan fingerprint density at radius 1 is 1.29 bits per heavy atom. The molecule has 0 bridgehead atoms. The van der Waals surface area contributed by atoms with Gasteiger partial charge >= 0.3 is 5.97 Å². The average molecular weight is 336 g/mol.